The summed E-state index contributed by atoms with van der Waals surface area (Å²) in [4.78, 5) is 20.7. The second-order valence-electron chi connectivity index (χ2n) is 2.36. The fourth-order valence-electron chi connectivity index (χ4n) is 1.01. The van der Waals surface area contributed by atoms with Gasteiger partial charge in [0.25, 0.3) is 0 Å². The highest BCUT2D eigenvalue weighted by atomic mass is 16.4. The van der Waals surface area contributed by atoms with E-state index in [1.807, 2.05) is 0 Å². The van der Waals surface area contributed by atoms with E-state index >= 15 is 0 Å². The van der Waals surface area contributed by atoms with Gasteiger partial charge in [-0.15, -0.1) is 0 Å². The number of oxazole rings is 1. The Morgan fingerprint density at radius 2 is 2.25 bits per heavy atom. The van der Waals surface area contributed by atoms with Gasteiger partial charge in [0.05, 0.1) is 5.69 Å². The molecule has 0 saturated heterocycles. The normalized spacial score (nSPS) is 10.8. The number of aryl methyl sites for hydroxylation is 1. The van der Waals surface area contributed by atoms with Gasteiger partial charge in [-0.1, -0.05) is 0 Å². The minimum absolute atomic E-state index is 0.122. The van der Waals surface area contributed by atoms with Crippen molar-refractivity contribution in [2.75, 3.05) is 5.73 Å². The Balaban J connectivity index is 2.97. The smallest absolute Gasteiger partial charge is 0.404 e. The zero-order chi connectivity index (χ0) is 8.72. The fourth-order valence-corrected chi connectivity index (χ4v) is 1.01. The molecule has 6 heteroatoms. The highest BCUT2D eigenvalue weighted by Crippen LogP contribution is 2.10. The Labute approximate surface area is 66.4 Å². The molecule has 62 valence electrons. The molecule has 0 bridgehead atoms. The molecule has 0 aromatic carbocycles. The third-order valence-corrected chi connectivity index (χ3v) is 1.47. The molecule has 0 aliphatic rings. The van der Waals surface area contributed by atoms with Gasteiger partial charge >= 0.3 is 5.76 Å². The standard InChI is InChI=1S/C6H6N4O2/c1-2-3-4(9-5(7)8-2)10-6(11)12-3/h1H3,(H3,7,8,9,10,11). The molecule has 6 nitrogen and oxygen atoms in total. The first-order valence-corrected chi connectivity index (χ1v) is 3.30. The Morgan fingerprint density at radius 3 is 3.00 bits per heavy atom. The van der Waals surface area contributed by atoms with Gasteiger partial charge in [-0.2, -0.15) is 4.98 Å². The number of rotatable bonds is 0. The van der Waals surface area contributed by atoms with Crippen LogP contribution >= 0.6 is 0 Å². The second kappa shape index (κ2) is 2.07. The molecule has 0 amide bonds. The molecule has 0 aliphatic heterocycles. The molecule has 3 N–H and O–H groups in total. The number of H-pyrrole nitrogens is 1. The summed E-state index contributed by atoms with van der Waals surface area (Å²) in [5, 5.41) is 0. The largest absolute Gasteiger partial charge is 0.418 e. The number of nitrogen functional groups attached to an aromatic ring is 1. The lowest BCUT2D eigenvalue weighted by Gasteiger charge is -1.92. The lowest BCUT2D eigenvalue weighted by atomic mass is 10.4. The van der Waals surface area contributed by atoms with E-state index in [0.29, 0.717) is 16.9 Å². The third-order valence-electron chi connectivity index (χ3n) is 1.47. The van der Waals surface area contributed by atoms with E-state index in [2.05, 4.69) is 15.0 Å². The van der Waals surface area contributed by atoms with Gasteiger partial charge in [0.15, 0.2) is 11.2 Å². The number of hydrogen-bond acceptors (Lipinski definition) is 5. The molecule has 0 fully saturated rings. The molecule has 0 saturated carbocycles. The Hall–Kier alpha value is -1.85. The van der Waals surface area contributed by atoms with Crippen molar-refractivity contribution in [2.24, 2.45) is 0 Å². The Bertz CT molecular complexity index is 484. The van der Waals surface area contributed by atoms with Crippen molar-refractivity contribution < 1.29 is 4.42 Å². The summed E-state index contributed by atoms with van der Waals surface area (Å²) in [6, 6.07) is 0. The molecule has 2 heterocycles. The van der Waals surface area contributed by atoms with Gasteiger partial charge in [-0.05, 0) is 6.92 Å². The maximum Gasteiger partial charge on any atom is 0.418 e. The van der Waals surface area contributed by atoms with E-state index in [9.17, 15) is 4.79 Å². The first kappa shape index (κ1) is 6.84. The van der Waals surface area contributed by atoms with Crippen molar-refractivity contribution >= 4 is 17.2 Å². The van der Waals surface area contributed by atoms with Crippen LogP contribution in [0.4, 0.5) is 5.95 Å². The van der Waals surface area contributed by atoms with Crippen LogP contribution in [0.2, 0.25) is 0 Å². The average molecular weight is 166 g/mol. The summed E-state index contributed by atoms with van der Waals surface area (Å²) < 4.78 is 4.76. The van der Waals surface area contributed by atoms with E-state index < -0.39 is 5.76 Å². The number of nitrogens with zero attached hydrogens (tertiary/aromatic N) is 2. The predicted molar refractivity (Wildman–Crippen MR) is 41.6 cm³/mol. The lowest BCUT2D eigenvalue weighted by Crippen LogP contribution is -1.97. The second-order valence-corrected chi connectivity index (χ2v) is 2.36. The molecular weight excluding hydrogens is 160 g/mol. The van der Waals surface area contributed by atoms with Crippen LogP contribution < -0.4 is 11.5 Å². The summed E-state index contributed by atoms with van der Waals surface area (Å²) in [5.41, 5.74) is 6.59. The van der Waals surface area contributed by atoms with Gasteiger partial charge in [0.1, 0.15) is 0 Å². The van der Waals surface area contributed by atoms with Gasteiger partial charge < -0.3 is 10.2 Å². The number of hydrogen-bond donors (Lipinski definition) is 2. The quantitative estimate of drug-likeness (QED) is 0.564. The van der Waals surface area contributed by atoms with E-state index in [0.717, 1.165) is 0 Å². The van der Waals surface area contributed by atoms with Crippen LogP contribution in [0.15, 0.2) is 9.21 Å². The average Bonchev–Trinajstić information content (AvgIpc) is 2.29. The molecule has 2 aromatic heterocycles. The fraction of sp³-hybridized carbons (Fsp3) is 0.167. The van der Waals surface area contributed by atoms with Gasteiger partial charge in [0, 0.05) is 0 Å². The van der Waals surface area contributed by atoms with E-state index in [4.69, 9.17) is 10.2 Å². The van der Waals surface area contributed by atoms with Crippen molar-refractivity contribution in [3.8, 4) is 0 Å². The number of aromatic amines is 1. The van der Waals surface area contributed by atoms with E-state index in [1.54, 1.807) is 6.92 Å². The van der Waals surface area contributed by atoms with Crippen molar-refractivity contribution in [2.45, 2.75) is 6.92 Å². The first-order valence-electron chi connectivity index (χ1n) is 3.30. The highest BCUT2D eigenvalue weighted by Gasteiger charge is 2.07. The summed E-state index contributed by atoms with van der Waals surface area (Å²) in [6.07, 6.45) is 0. The van der Waals surface area contributed by atoms with Crippen LogP contribution in [0.3, 0.4) is 0 Å². The Kier molecular flexibility index (Phi) is 1.18. The molecule has 2 aromatic rings. The number of nitrogens with one attached hydrogen (secondary N) is 1. The highest BCUT2D eigenvalue weighted by molar-refractivity contribution is 5.70. The topological polar surface area (TPSA) is 97.8 Å². The van der Waals surface area contributed by atoms with E-state index in [1.165, 1.54) is 0 Å². The molecule has 0 spiro atoms. The summed E-state index contributed by atoms with van der Waals surface area (Å²) in [7, 11) is 0. The molecule has 12 heavy (non-hydrogen) atoms. The molecular formula is C6H6N4O2. The van der Waals surface area contributed by atoms with Crippen LogP contribution in [0, 0.1) is 6.92 Å². The Morgan fingerprint density at radius 1 is 1.50 bits per heavy atom. The number of fused-ring (bicyclic) bond motifs is 1. The van der Waals surface area contributed by atoms with Crippen LogP contribution in [0.5, 0.6) is 0 Å². The predicted octanol–water partition coefficient (Wildman–Crippen LogP) is -0.198. The number of nitrogens with two attached hydrogens (primary N) is 1. The molecule has 0 aliphatic carbocycles. The van der Waals surface area contributed by atoms with Crippen LogP contribution in [-0.4, -0.2) is 15.0 Å². The molecule has 0 atom stereocenters. The molecule has 2 rings (SSSR count). The van der Waals surface area contributed by atoms with Crippen molar-refractivity contribution in [1.82, 2.24) is 15.0 Å². The monoisotopic (exact) mass is 166 g/mol. The SMILES string of the molecule is Cc1nc(N)nc2[nH]c(=O)oc12. The zero-order valence-electron chi connectivity index (χ0n) is 6.29. The summed E-state index contributed by atoms with van der Waals surface area (Å²) in [6.45, 7) is 1.69. The first-order chi connectivity index (χ1) is 5.66. The lowest BCUT2D eigenvalue weighted by molar-refractivity contribution is 0.552. The summed E-state index contributed by atoms with van der Waals surface area (Å²) in [5.74, 6) is -0.426. The van der Waals surface area contributed by atoms with Crippen LogP contribution in [0.1, 0.15) is 5.69 Å². The number of aromatic nitrogens is 3. The minimum atomic E-state index is -0.548. The minimum Gasteiger partial charge on any atom is -0.404 e. The van der Waals surface area contributed by atoms with Crippen LogP contribution in [-0.2, 0) is 0 Å². The van der Waals surface area contributed by atoms with Crippen LogP contribution in [0.25, 0.3) is 11.2 Å². The third kappa shape index (κ3) is 0.849. The van der Waals surface area contributed by atoms with Gasteiger partial charge in [0.2, 0.25) is 5.95 Å². The maximum absolute atomic E-state index is 10.7. The molecule has 0 unspecified atom stereocenters. The van der Waals surface area contributed by atoms with Crippen molar-refractivity contribution in [3.63, 3.8) is 0 Å². The van der Waals surface area contributed by atoms with Gasteiger partial charge in [-0.25, -0.2) is 9.78 Å². The van der Waals surface area contributed by atoms with Crippen molar-refractivity contribution in [1.29, 1.82) is 0 Å². The zero-order valence-corrected chi connectivity index (χ0v) is 6.29. The summed E-state index contributed by atoms with van der Waals surface area (Å²) >= 11 is 0. The van der Waals surface area contributed by atoms with E-state index in [-0.39, 0.29) is 5.95 Å². The van der Waals surface area contributed by atoms with Gasteiger partial charge in [-0.3, -0.25) is 4.98 Å². The van der Waals surface area contributed by atoms with Crippen molar-refractivity contribution in [3.05, 3.63) is 16.2 Å². The maximum atomic E-state index is 10.7. The molecule has 0 radical (unpaired) electrons. The number of anilines is 1.